The zero-order chi connectivity index (χ0) is 18.3. The quantitative estimate of drug-likeness (QED) is 0.614. The number of carbonyl (C=O) groups is 1. The van der Waals surface area contributed by atoms with Gasteiger partial charge in [0.25, 0.3) is 5.91 Å². The Bertz CT molecular complexity index is 1010. The van der Waals surface area contributed by atoms with Crippen LogP contribution in [-0.4, -0.2) is 17.9 Å². The summed E-state index contributed by atoms with van der Waals surface area (Å²) < 4.78 is 0. The number of carbonyl (C=O) groups excluding carboxylic acids is 1. The predicted molar refractivity (Wildman–Crippen MR) is 107 cm³/mol. The molecule has 4 heteroatoms. The second kappa shape index (κ2) is 6.73. The molecular weight excluding hydrogens is 344 g/mol. The Hall–Kier alpha value is -2.39. The van der Waals surface area contributed by atoms with Crippen LogP contribution in [0.1, 0.15) is 40.0 Å². The zero-order valence-electron chi connectivity index (χ0n) is 15.1. The number of amides is 1. The van der Waals surface area contributed by atoms with E-state index in [2.05, 4.69) is 0 Å². The normalized spacial score (nSPS) is 13.5. The average molecular weight is 365 g/mol. The third-order valence-electron chi connectivity index (χ3n) is 5.22. The topological polar surface area (TPSA) is 33.2 Å². The van der Waals surface area contributed by atoms with Crippen molar-refractivity contribution in [3.05, 3.63) is 69.9 Å². The third-order valence-corrected chi connectivity index (χ3v) is 5.65. The molecule has 0 bridgehead atoms. The summed E-state index contributed by atoms with van der Waals surface area (Å²) in [5, 5.41) is 1.73. The van der Waals surface area contributed by atoms with Crippen LogP contribution in [0.25, 0.3) is 10.9 Å². The Labute approximate surface area is 158 Å². The second-order valence-electron chi connectivity index (χ2n) is 6.94. The molecule has 26 heavy (non-hydrogen) atoms. The number of hydrogen-bond donors (Lipinski definition) is 0. The molecule has 0 radical (unpaired) electrons. The molecule has 2 aromatic carbocycles. The molecule has 3 nitrogen and oxygen atoms in total. The summed E-state index contributed by atoms with van der Waals surface area (Å²) in [6.07, 6.45) is 4.27. The van der Waals surface area contributed by atoms with Crippen LogP contribution >= 0.6 is 11.6 Å². The van der Waals surface area contributed by atoms with E-state index in [9.17, 15) is 4.79 Å². The van der Waals surface area contributed by atoms with E-state index in [-0.39, 0.29) is 5.91 Å². The molecule has 0 atom stereocenters. The molecular formula is C22H21ClN2O. The summed E-state index contributed by atoms with van der Waals surface area (Å²) in [5.74, 6) is -0.0446. The Morgan fingerprint density at radius 2 is 1.88 bits per heavy atom. The molecule has 0 fully saturated rings. The fraction of sp³-hybridized carbons (Fsp3) is 0.273. The Balaban J connectivity index is 1.75. The highest BCUT2D eigenvalue weighted by molar-refractivity contribution is 6.36. The van der Waals surface area contributed by atoms with Crippen molar-refractivity contribution in [1.29, 1.82) is 0 Å². The highest BCUT2D eigenvalue weighted by atomic mass is 35.5. The summed E-state index contributed by atoms with van der Waals surface area (Å²) in [6, 6.07) is 13.5. The molecule has 1 aromatic heterocycles. The van der Waals surface area contributed by atoms with Gasteiger partial charge in [0.15, 0.2) is 0 Å². The summed E-state index contributed by atoms with van der Waals surface area (Å²) in [7, 11) is 1.81. The van der Waals surface area contributed by atoms with Gasteiger partial charge >= 0.3 is 0 Å². The molecule has 0 saturated carbocycles. The van der Waals surface area contributed by atoms with Gasteiger partial charge < -0.3 is 4.90 Å². The number of pyridine rings is 1. The van der Waals surface area contributed by atoms with Crippen molar-refractivity contribution in [3.8, 4) is 0 Å². The van der Waals surface area contributed by atoms with E-state index >= 15 is 0 Å². The number of aryl methyl sites for hydroxylation is 2. The first-order valence-electron chi connectivity index (χ1n) is 9.01. The van der Waals surface area contributed by atoms with Crippen LogP contribution in [0.15, 0.2) is 42.5 Å². The molecule has 0 spiro atoms. The summed E-state index contributed by atoms with van der Waals surface area (Å²) in [4.78, 5) is 19.5. The Morgan fingerprint density at radius 1 is 1.12 bits per heavy atom. The number of fused-ring (bicyclic) bond motifs is 2. The van der Waals surface area contributed by atoms with E-state index in [0.29, 0.717) is 5.56 Å². The Morgan fingerprint density at radius 3 is 2.69 bits per heavy atom. The van der Waals surface area contributed by atoms with Crippen LogP contribution in [0.5, 0.6) is 0 Å². The van der Waals surface area contributed by atoms with Crippen LogP contribution in [0.4, 0.5) is 5.69 Å². The summed E-state index contributed by atoms with van der Waals surface area (Å²) in [5.41, 5.74) is 5.68. The van der Waals surface area contributed by atoms with E-state index in [4.69, 9.17) is 16.6 Å². The highest BCUT2D eigenvalue weighted by Gasteiger charge is 2.19. The third kappa shape index (κ3) is 2.86. The first-order valence-corrected chi connectivity index (χ1v) is 9.39. The van der Waals surface area contributed by atoms with Gasteiger partial charge in [-0.2, -0.15) is 0 Å². The second-order valence-corrected chi connectivity index (χ2v) is 7.32. The number of benzene rings is 2. The minimum absolute atomic E-state index is 0.0446. The van der Waals surface area contributed by atoms with Gasteiger partial charge in [0.1, 0.15) is 0 Å². The largest absolute Gasteiger partial charge is 0.311 e. The van der Waals surface area contributed by atoms with Gasteiger partial charge in [-0.15, -0.1) is 0 Å². The van der Waals surface area contributed by atoms with Gasteiger partial charge in [-0.1, -0.05) is 35.9 Å². The number of aromatic nitrogens is 1. The average Bonchev–Trinajstić information content (AvgIpc) is 2.67. The minimum Gasteiger partial charge on any atom is -0.311 e. The first-order chi connectivity index (χ1) is 12.6. The lowest BCUT2D eigenvalue weighted by Crippen LogP contribution is -2.26. The van der Waals surface area contributed by atoms with Crippen LogP contribution in [-0.2, 0) is 12.8 Å². The molecule has 1 aliphatic carbocycles. The molecule has 132 valence electrons. The lowest BCUT2D eigenvalue weighted by atomic mass is 9.94. The molecule has 1 aliphatic rings. The molecule has 0 N–H and O–H groups in total. The molecule has 3 aromatic rings. The molecule has 0 unspecified atom stereocenters. The van der Waals surface area contributed by atoms with Crippen molar-refractivity contribution in [3.63, 3.8) is 0 Å². The molecule has 0 saturated heterocycles. The van der Waals surface area contributed by atoms with E-state index < -0.39 is 0 Å². The molecule has 1 amide bonds. The van der Waals surface area contributed by atoms with Gasteiger partial charge in [0, 0.05) is 29.4 Å². The number of hydrogen-bond acceptors (Lipinski definition) is 2. The number of rotatable bonds is 2. The van der Waals surface area contributed by atoms with Crippen molar-refractivity contribution in [2.24, 2.45) is 0 Å². The highest BCUT2D eigenvalue weighted by Crippen LogP contribution is 2.33. The van der Waals surface area contributed by atoms with Crippen molar-refractivity contribution in [2.45, 2.75) is 32.6 Å². The zero-order valence-corrected chi connectivity index (χ0v) is 15.8. The smallest absolute Gasteiger partial charge is 0.258 e. The number of anilines is 1. The van der Waals surface area contributed by atoms with Crippen molar-refractivity contribution < 1.29 is 4.79 Å². The monoisotopic (exact) mass is 364 g/mol. The van der Waals surface area contributed by atoms with Crippen molar-refractivity contribution in [1.82, 2.24) is 4.98 Å². The maximum absolute atomic E-state index is 13.0. The van der Waals surface area contributed by atoms with Gasteiger partial charge in [0.05, 0.1) is 10.5 Å². The van der Waals surface area contributed by atoms with E-state index in [0.717, 1.165) is 58.6 Å². The molecule has 4 rings (SSSR count). The molecule has 0 aliphatic heterocycles. The maximum atomic E-state index is 13.0. The maximum Gasteiger partial charge on any atom is 0.258 e. The number of nitrogens with zero attached hydrogens (tertiary/aromatic N) is 2. The van der Waals surface area contributed by atoms with Crippen LogP contribution in [0, 0.1) is 6.92 Å². The minimum atomic E-state index is -0.0446. The number of para-hydroxylation sites is 1. The van der Waals surface area contributed by atoms with Crippen molar-refractivity contribution in [2.75, 3.05) is 11.9 Å². The van der Waals surface area contributed by atoms with Gasteiger partial charge in [-0.05, 0) is 61.9 Å². The van der Waals surface area contributed by atoms with E-state index in [1.54, 1.807) is 4.90 Å². The first kappa shape index (κ1) is 17.0. The SMILES string of the molecule is Cc1ccccc1N(C)C(=O)c1ccc2c(Cl)c3c(nc2c1)CCCC3. The molecule has 1 heterocycles. The lowest BCUT2D eigenvalue weighted by Gasteiger charge is -2.20. The van der Waals surface area contributed by atoms with E-state index in [1.807, 2.05) is 56.4 Å². The van der Waals surface area contributed by atoms with Crippen molar-refractivity contribution >= 4 is 34.1 Å². The summed E-state index contributed by atoms with van der Waals surface area (Å²) >= 11 is 6.64. The van der Waals surface area contributed by atoms with Crippen LogP contribution < -0.4 is 4.90 Å². The summed E-state index contributed by atoms with van der Waals surface area (Å²) in [6.45, 7) is 2.01. The lowest BCUT2D eigenvalue weighted by molar-refractivity contribution is 0.0993. The predicted octanol–water partition coefficient (Wildman–Crippen LogP) is 5.35. The van der Waals surface area contributed by atoms with E-state index in [1.165, 1.54) is 5.56 Å². The van der Waals surface area contributed by atoms with Gasteiger partial charge in [-0.25, -0.2) is 0 Å². The fourth-order valence-electron chi connectivity index (χ4n) is 3.74. The van der Waals surface area contributed by atoms with Gasteiger partial charge in [-0.3, -0.25) is 9.78 Å². The van der Waals surface area contributed by atoms with Crippen LogP contribution in [0.3, 0.4) is 0 Å². The standard InChI is InChI=1S/C22H21ClN2O/c1-14-7-3-6-10-20(14)25(2)22(26)15-11-12-17-19(13-15)24-18-9-5-4-8-16(18)21(17)23/h3,6-7,10-13H,4-5,8-9H2,1-2H3. The fourth-order valence-corrected chi connectivity index (χ4v) is 4.11. The number of halogens is 1. The van der Waals surface area contributed by atoms with Gasteiger partial charge in [0.2, 0.25) is 0 Å². The Kier molecular flexibility index (Phi) is 4.41. The van der Waals surface area contributed by atoms with Crippen LogP contribution in [0.2, 0.25) is 5.02 Å².